The van der Waals surface area contributed by atoms with Crippen LogP contribution < -0.4 is 11.1 Å². The highest BCUT2D eigenvalue weighted by Crippen LogP contribution is 2.27. The number of aromatic nitrogens is 1. The molecule has 142 valence electrons. The average Bonchev–Trinajstić information content (AvgIpc) is 2.67. The van der Waals surface area contributed by atoms with E-state index < -0.39 is 5.91 Å². The van der Waals surface area contributed by atoms with E-state index in [0.29, 0.717) is 12.1 Å². The van der Waals surface area contributed by atoms with E-state index in [1.807, 2.05) is 25.1 Å². The van der Waals surface area contributed by atoms with E-state index in [-0.39, 0.29) is 6.04 Å². The Bertz CT molecular complexity index is 828. The third-order valence-electron chi connectivity index (χ3n) is 4.56. The van der Waals surface area contributed by atoms with Crippen molar-refractivity contribution in [3.8, 4) is 0 Å². The van der Waals surface area contributed by atoms with Gasteiger partial charge in [0, 0.05) is 17.5 Å². The molecule has 27 heavy (non-hydrogen) atoms. The van der Waals surface area contributed by atoms with Gasteiger partial charge in [0.05, 0.1) is 17.4 Å². The number of pyridine rings is 1. The number of carbonyl (C=O) groups excluding carboxylic acids is 1. The average molecular weight is 364 g/mol. The van der Waals surface area contributed by atoms with Crippen LogP contribution in [-0.4, -0.2) is 17.6 Å². The molecule has 5 heteroatoms. The summed E-state index contributed by atoms with van der Waals surface area (Å²) in [4.78, 5) is 19.4. The molecular weight excluding hydrogens is 336 g/mol. The fourth-order valence-electron chi connectivity index (χ4n) is 3.04. The summed E-state index contributed by atoms with van der Waals surface area (Å²) in [6, 6.07) is 12.4. The number of carbonyl (C=O) groups is 1. The SMILES string of the molecule is C=NC(=O)/C=C(\N)CCC(Nc1cc(C)c(CC)nc1C)c1ccccc1. The number of nitrogens with one attached hydrogen (secondary N) is 1. The third kappa shape index (κ3) is 5.78. The second kappa shape index (κ2) is 9.67. The molecule has 2 rings (SSSR count). The summed E-state index contributed by atoms with van der Waals surface area (Å²) in [6.07, 6.45) is 3.57. The lowest BCUT2D eigenvalue weighted by Crippen LogP contribution is -2.14. The first-order chi connectivity index (χ1) is 12.9. The molecule has 1 amide bonds. The molecule has 1 unspecified atom stereocenters. The van der Waals surface area contributed by atoms with Gasteiger partial charge in [0.2, 0.25) is 0 Å². The van der Waals surface area contributed by atoms with Gasteiger partial charge >= 0.3 is 0 Å². The van der Waals surface area contributed by atoms with E-state index >= 15 is 0 Å². The van der Waals surface area contributed by atoms with Crippen LogP contribution in [0.15, 0.2) is 53.2 Å². The van der Waals surface area contributed by atoms with Crippen molar-refractivity contribution >= 4 is 18.3 Å². The standard InChI is InChI=1S/C22H28N4O/c1-5-19-15(2)13-21(16(3)25-19)26-20(17-9-7-6-8-10-17)12-11-18(23)14-22(27)24-4/h6-10,13-14,20,26H,4-5,11-12,23H2,1-3H3/b18-14-. The van der Waals surface area contributed by atoms with Crippen LogP contribution >= 0.6 is 0 Å². The number of hydrogen-bond donors (Lipinski definition) is 2. The van der Waals surface area contributed by atoms with Crippen molar-refractivity contribution in [3.05, 3.63) is 70.7 Å². The second-order valence-corrected chi connectivity index (χ2v) is 6.60. The van der Waals surface area contributed by atoms with E-state index in [1.165, 1.54) is 11.6 Å². The minimum Gasteiger partial charge on any atom is -0.402 e. The Balaban J connectivity index is 2.24. The number of hydrogen-bond acceptors (Lipinski definition) is 4. The Morgan fingerprint density at radius 2 is 2.04 bits per heavy atom. The van der Waals surface area contributed by atoms with Gasteiger partial charge in [-0.05, 0) is 57.0 Å². The molecule has 0 aliphatic heterocycles. The topological polar surface area (TPSA) is 80.4 Å². The largest absolute Gasteiger partial charge is 0.402 e. The van der Waals surface area contributed by atoms with Crippen molar-refractivity contribution in [2.75, 3.05) is 5.32 Å². The monoisotopic (exact) mass is 364 g/mol. The molecule has 1 heterocycles. The number of aliphatic imine (C=N–C) groups is 1. The molecule has 0 aliphatic carbocycles. The zero-order valence-electron chi connectivity index (χ0n) is 16.3. The number of aryl methyl sites for hydroxylation is 3. The number of anilines is 1. The van der Waals surface area contributed by atoms with Crippen LogP contribution in [0.4, 0.5) is 5.69 Å². The van der Waals surface area contributed by atoms with Gasteiger partial charge in [-0.3, -0.25) is 9.78 Å². The number of allylic oxidation sites excluding steroid dienone is 1. The molecule has 2 aromatic rings. The summed E-state index contributed by atoms with van der Waals surface area (Å²) in [5.74, 6) is -0.414. The molecule has 0 spiro atoms. The van der Waals surface area contributed by atoms with Gasteiger partial charge < -0.3 is 11.1 Å². The molecule has 5 nitrogen and oxygen atoms in total. The predicted molar refractivity (Wildman–Crippen MR) is 112 cm³/mol. The van der Waals surface area contributed by atoms with Crippen molar-refractivity contribution in [2.24, 2.45) is 10.7 Å². The minimum atomic E-state index is -0.414. The molecule has 0 saturated carbocycles. The molecule has 1 aromatic heterocycles. The summed E-state index contributed by atoms with van der Waals surface area (Å²) in [5, 5.41) is 3.61. The Hall–Kier alpha value is -2.95. The van der Waals surface area contributed by atoms with Crippen molar-refractivity contribution in [1.29, 1.82) is 0 Å². The molecule has 1 atom stereocenters. The van der Waals surface area contributed by atoms with Crippen LogP contribution in [0.5, 0.6) is 0 Å². The first-order valence-corrected chi connectivity index (χ1v) is 9.20. The van der Waals surface area contributed by atoms with E-state index in [9.17, 15) is 4.79 Å². The molecule has 0 bridgehead atoms. The lowest BCUT2D eigenvalue weighted by Gasteiger charge is -2.22. The Morgan fingerprint density at radius 1 is 1.33 bits per heavy atom. The highest BCUT2D eigenvalue weighted by atomic mass is 16.1. The van der Waals surface area contributed by atoms with Gasteiger partial charge in [-0.2, -0.15) is 0 Å². The number of rotatable bonds is 8. The summed E-state index contributed by atoms with van der Waals surface area (Å²) >= 11 is 0. The van der Waals surface area contributed by atoms with Gasteiger partial charge in [0.1, 0.15) is 0 Å². The van der Waals surface area contributed by atoms with Crippen LogP contribution in [-0.2, 0) is 11.2 Å². The highest BCUT2D eigenvalue weighted by molar-refractivity contribution is 5.91. The number of nitrogens with two attached hydrogens (primary N) is 1. The van der Waals surface area contributed by atoms with Crippen molar-refractivity contribution in [1.82, 2.24) is 4.98 Å². The molecular formula is C22H28N4O. The van der Waals surface area contributed by atoms with Crippen LogP contribution in [0.25, 0.3) is 0 Å². The summed E-state index contributed by atoms with van der Waals surface area (Å²) in [6.45, 7) is 9.45. The normalized spacial score (nSPS) is 12.5. The Kier molecular flexibility index (Phi) is 7.29. The molecule has 0 saturated heterocycles. The zero-order chi connectivity index (χ0) is 19.8. The van der Waals surface area contributed by atoms with Gasteiger partial charge in [0.15, 0.2) is 0 Å². The van der Waals surface area contributed by atoms with Crippen LogP contribution in [0, 0.1) is 13.8 Å². The van der Waals surface area contributed by atoms with Gasteiger partial charge in [0.25, 0.3) is 5.91 Å². The maximum absolute atomic E-state index is 11.4. The van der Waals surface area contributed by atoms with Crippen molar-refractivity contribution < 1.29 is 4.79 Å². The quantitative estimate of drug-likeness (QED) is 0.542. The van der Waals surface area contributed by atoms with Crippen molar-refractivity contribution in [2.45, 2.75) is 46.1 Å². The fourth-order valence-corrected chi connectivity index (χ4v) is 3.04. The maximum atomic E-state index is 11.4. The summed E-state index contributed by atoms with van der Waals surface area (Å²) < 4.78 is 0. The smallest absolute Gasteiger partial charge is 0.270 e. The molecule has 0 aliphatic rings. The van der Waals surface area contributed by atoms with E-state index in [1.54, 1.807) is 0 Å². The first-order valence-electron chi connectivity index (χ1n) is 9.20. The third-order valence-corrected chi connectivity index (χ3v) is 4.56. The molecule has 1 aromatic carbocycles. The van der Waals surface area contributed by atoms with Crippen molar-refractivity contribution in [3.63, 3.8) is 0 Å². The maximum Gasteiger partial charge on any atom is 0.270 e. The van der Waals surface area contributed by atoms with E-state index in [4.69, 9.17) is 10.7 Å². The van der Waals surface area contributed by atoms with Crippen LogP contribution in [0.2, 0.25) is 0 Å². The Labute approximate surface area is 161 Å². The Morgan fingerprint density at radius 3 is 2.67 bits per heavy atom. The van der Waals surface area contributed by atoms with E-state index in [0.717, 1.165) is 35.5 Å². The lowest BCUT2D eigenvalue weighted by molar-refractivity contribution is -0.113. The van der Waals surface area contributed by atoms with Gasteiger partial charge in [-0.25, -0.2) is 4.99 Å². The van der Waals surface area contributed by atoms with Gasteiger partial charge in [-0.1, -0.05) is 37.3 Å². The van der Waals surface area contributed by atoms with Gasteiger partial charge in [-0.15, -0.1) is 0 Å². The molecule has 0 fully saturated rings. The second-order valence-electron chi connectivity index (χ2n) is 6.60. The molecule has 3 N–H and O–H groups in total. The number of amides is 1. The predicted octanol–water partition coefficient (Wildman–Crippen LogP) is 4.26. The minimum absolute atomic E-state index is 0.0531. The lowest BCUT2D eigenvalue weighted by atomic mass is 10.00. The van der Waals surface area contributed by atoms with Crippen LogP contribution in [0.1, 0.15) is 48.3 Å². The van der Waals surface area contributed by atoms with Crippen LogP contribution in [0.3, 0.4) is 0 Å². The fraction of sp³-hybridized carbons (Fsp3) is 0.318. The first kappa shape index (κ1) is 20.4. The summed E-state index contributed by atoms with van der Waals surface area (Å²) in [7, 11) is 0. The molecule has 0 radical (unpaired) electrons. The number of benzene rings is 1. The highest BCUT2D eigenvalue weighted by Gasteiger charge is 2.14. The number of nitrogens with zero attached hydrogens (tertiary/aromatic N) is 2. The van der Waals surface area contributed by atoms with E-state index in [2.05, 4.69) is 49.1 Å². The zero-order valence-corrected chi connectivity index (χ0v) is 16.3. The summed E-state index contributed by atoms with van der Waals surface area (Å²) in [5.41, 5.74) is 11.9.